The average molecular weight is 453 g/mol. The van der Waals surface area contributed by atoms with Gasteiger partial charge >= 0.3 is 11.9 Å². The Labute approximate surface area is 194 Å². The normalized spacial score (nSPS) is 35.5. The maximum absolute atomic E-state index is 12.8. The Morgan fingerprint density at radius 1 is 1.24 bits per heavy atom. The van der Waals surface area contributed by atoms with Gasteiger partial charge in [0.25, 0.3) is 0 Å². The molecule has 1 aliphatic heterocycles. The molecule has 5 atom stereocenters. The van der Waals surface area contributed by atoms with E-state index in [1.807, 2.05) is 26.0 Å². The van der Waals surface area contributed by atoms with E-state index in [-0.39, 0.29) is 30.0 Å². The Kier molecular flexibility index (Phi) is 5.54. The minimum absolute atomic E-state index is 0.000574. The van der Waals surface area contributed by atoms with Crippen LogP contribution in [0, 0.1) is 28.1 Å². The van der Waals surface area contributed by atoms with Gasteiger partial charge < -0.3 is 13.9 Å². The number of cyclic esters (lactones) is 1. The molecule has 0 saturated heterocycles. The second-order valence-corrected chi connectivity index (χ2v) is 10.6. The Morgan fingerprint density at radius 3 is 2.61 bits per heavy atom. The maximum Gasteiger partial charge on any atom is 0.331 e. The van der Waals surface area contributed by atoms with Crippen molar-refractivity contribution in [2.75, 3.05) is 7.11 Å². The highest BCUT2D eigenvalue weighted by molar-refractivity contribution is 5.96. The molecule has 0 unspecified atom stereocenters. The molecule has 0 spiro atoms. The fraction of sp³-hybridized carbons (Fsp3) is 0.519. The van der Waals surface area contributed by atoms with Crippen molar-refractivity contribution in [1.82, 2.24) is 0 Å². The molecular formula is C27H32O6. The van der Waals surface area contributed by atoms with Crippen LogP contribution >= 0.6 is 0 Å². The highest BCUT2D eigenvalue weighted by Gasteiger charge is 2.57. The van der Waals surface area contributed by atoms with Crippen LogP contribution in [0.25, 0.3) is 0 Å². The highest BCUT2D eigenvalue weighted by Crippen LogP contribution is 2.62. The summed E-state index contributed by atoms with van der Waals surface area (Å²) in [6.45, 7) is 12.4. The number of hydrogen-bond donors (Lipinski definition) is 0. The van der Waals surface area contributed by atoms with Gasteiger partial charge in [0.05, 0.1) is 26.1 Å². The van der Waals surface area contributed by atoms with Crippen molar-refractivity contribution < 1.29 is 28.3 Å². The first-order valence-corrected chi connectivity index (χ1v) is 11.4. The van der Waals surface area contributed by atoms with Crippen LogP contribution in [0.2, 0.25) is 0 Å². The monoisotopic (exact) mass is 452 g/mol. The van der Waals surface area contributed by atoms with Gasteiger partial charge in [0.15, 0.2) is 5.78 Å². The second-order valence-electron chi connectivity index (χ2n) is 10.6. The number of fused-ring (bicyclic) bond motifs is 1. The van der Waals surface area contributed by atoms with Gasteiger partial charge in [-0.2, -0.15) is 0 Å². The predicted octanol–water partition coefficient (Wildman–Crippen LogP) is 5.13. The first kappa shape index (κ1) is 23.3. The Hall–Kier alpha value is -2.89. The zero-order valence-corrected chi connectivity index (χ0v) is 20.0. The van der Waals surface area contributed by atoms with Crippen molar-refractivity contribution in [2.45, 2.75) is 53.1 Å². The van der Waals surface area contributed by atoms with E-state index in [2.05, 4.69) is 20.4 Å². The zero-order chi connectivity index (χ0) is 24.2. The lowest BCUT2D eigenvalue weighted by Crippen LogP contribution is -2.51. The van der Waals surface area contributed by atoms with Gasteiger partial charge in [0.2, 0.25) is 0 Å². The number of rotatable bonds is 4. The number of ether oxygens (including phenoxy) is 2. The van der Waals surface area contributed by atoms with Crippen molar-refractivity contribution >= 4 is 17.7 Å². The van der Waals surface area contributed by atoms with Crippen LogP contribution < -0.4 is 0 Å². The molecule has 0 aromatic carbocycles. The second kappa shape index (κ2) is 7.86. The van der Waals surface area contributed by atoms with Crippen molar-refractivity contribution in [3.05, 3.63) is 60.1 Å². The molecule has 1 saturated carbocycles. The fourth-order valence-corrected chi connectivity index (χ4v) is 6.40. The molecule has 0 bridgehead atoms. The molecule has 6 nitrogen and oxygen atoms in total. The topological polar surface area (TPSA) is 82.8 Å². The van der Waals surface area contributed by atoms with Gasteiger partial charge in [0, 0.05) is 22.5 Å². The number of hydrogen-bond acceptors (Lipinski definition) is 6. The third-order valence-corrected chi connectivity index (χ3v) is 8.46. The molecule has 3 aliphatic rings. The van der Waals surface area contributed by atoms with Gasteiger partial charge in [-0.05, 0) is 53.4 Å². The number of ketones is 1. The molecule has 1 aromatic heterocycles. The largest absolute Gasteiger partial charge is 0.472 e. The van der Waals surface area contributed by atoms with Crippen molar-refractivity contribution in [1.29, 1.82) is 0 Å². The van der Waals surface area contributed by atoms with E-state index in [1.165, 1.54) is 7.11 Å². The first-order chi connectivity index (χ1) is 15.4. The Bertz CT molecular complexity index is 1060. The quantitative estimate of drug-likeness (QED) is 0.589. The van der Waals surface area contributed by atoms with Gasteiger partial charge in [0.1, 0.15) is 6.10 Å². The molecule has 4 rings (SSSR count). The molecule has 33 heavy (non-hydrogen) atoms. The van der Waals surface area contributed by atoms with Crippen LogP contribution in [0.1, 0.15) is 58.6 Å². The predicted molar refractivity (Wildman–Crippen MR) is 122 cm³/mol. The molecule has 1 fully saturated rings. The molecule has 1 aromatic rings. The third-order valence-electron chi connectivity index (χ3n) is 8.46. The van der Waals surface area contributed by atoms with Crippen molar-refractivity contribution in [3.8, 4) is 0 Å². The number of carbonyl (C=O) groups is 3. The summed E-state index contributed by atoms with van der Waals surface area (Å²) in [6, 6.07) is 1.83. The van der Waals surface area contributed by atoms with E-state index in [1.54, 1.807) is 24.7 Å². The summed E-state index contributed by atoms with van der Waals surface area (Å²) in [6.07, 6.45) is 9.56. The van der Waals surface area contributed by atoms with Crippen molar-refractivity contribution in [3.63, 3.8) is 0 Å². The zero-order valence-electron chi connectivity index (χ0n) is 20.0. The molecule has 2 heterocycles. The summed E-state index contributed by atoms with van der Waals surface area (Å²) in [5.41, 5.74) is 0.864. The smallest absolute Gasteiger partial charge is 0.331 e. The molecule has 0 N–H and O–H groups in total. The van der Waals surface area contributed by atoms with E-state index >= 15 is 0 Å². The molecule has 176 valence electrons. The minimum atomic E-state index is -0.738. The molecular weight excluding hydrogens is 420 g/mol. The molecule has 6 heteroatoms. The molecule has 2 aliphatic carbocycles. The summed E-state index contributed by atoms with van der Waals surface area (Å²) in [4.78, 5) is 37.7. The first-order valence-electron chi connectivity index (χ1n) is 11.4. The van der Waals surface area contributed by atoms with Crippen LogP contribution in [0.5, 0.6) is 0 Å². The van der Waals surface area contributed by atoms with Crippen LogP contribution in [0.3, 0.4) is 0 Å². The Morgan fingerprint density at radius 2 is 1.97 bits per heavy atom. The van der Waals surface area contributed by atoms with E-state index in [0.29, 0.717) is 0 Å². The lowest BCUT2D eigenvalue weighted by Gasteiger charge is -2.55. The van der Waals surface area contributed by atoms with Crippen LogP contribution in [0.4, 0.5) is 0 Å². The number of esters is 2. The van der Waals surface area contributed by atoms with Crippen LogP contribution in [-0.2, 0) is 23.9 Å². The van der Waals surface area contributed by atoms with Crippen molar-refractivity contribution in [2.24, 2.45) is 28.1 Å². The van der Waals surface area contributed by atoms with E-state index in [9.17, 15) is 14.4 Å². The summed E-state index contributed by atoms with van der Waals surface area (Å²) in [7, 11) is 1.37. The number of allylic oxidation sites excluding steroid dienone is 3. The van der Waals surface area contributed by atoms with Crippen LogP contribution in [0.15, 0.2) is 59.0 Å². The summed E-state index contributed by atoms with van der Waals surface area (Å²) in [5, 5.41) is 0. The SMILES string of the molecule is C=C1C2=CC(=O)O[C@@H](c3ccoc3)[C@@]2(C)CC[C@@H]1[C@]1(C)C=CC(=O)C(C)(C)[C@H]1CC(=O)OC. The number of carbonyl (C=O) groups excluding carboxylic acids is 3. The van der Waals surface area contributed by atoms with E-state index in [0.717, 1.165) is 29.6 Å². The van der Waals surface area contributed by atoms with Gasteiger partial charge in [-0.1, -0.05) is 40.3 Å². The van der Waals surface area contributed by atoms with Gasteiger partial charge in [-0.15, -0.1) is 0 Å². The lowest BCUT2D eigenvalue weighted by atomic mass is 9.48. The lowest BCUT2D eigenvalue weighted by molar-refractivity contribution is -0.153. The third kappa shape index (κ3) is 3.51. The summed E-state index contributed by atoms with van der Waals surface area (Å²) in [5.74, 6) is -1.07. The standard InChI is InChI=1S/C27H32O6/c1-16-18(26(4)11-8-21(28)25(2,3)20(26)14-22(29)31-6)7-10-27(5)19(16)13-23(30)33-24(27)17-9-12-32-15-17/h8-9,11-13,15,18,20,24H,1,7,10,14H2,2-6H3/t18-,20+,24-,26-,27-/m0/s1. The van der Waals surface area contributed by atoms with E-state index < -0.39 is 28.3 Å². The summed E-state index contributed by atoms with van der Waals surface area (Å²) >= 11 is 0. The average Bonchev–Trinajstić information content (AvgIpc) is 3.29. The number of furan rings is 1. The summed E-state index contributed by atoms with van der Waals surface area (Å²) < 4.78 is 16.0. The van der Waals surface area contributed by atoms with E-state index in [4.69, 9.17) is 13.9 Å². The fourth-order valence-electron chi connectivity index (χ4n) is 6.40. The maximum atomic E-state index is 12.8. The highest BCUT2D eigenvalue weighted by atomic mass is 16.5. The van der Waals surface area contributed by atoms with Crippen LogP contribution in [-0.4, -0.2) is 24.8 Å². The number of methoxy groups -OCH3 is 1. The van der Waals surface area contributed by atoms with Gasteiger partial charge in [-0.25, -0.2) is 4.79 Å². The molecule has 0 amide bonds. The minimum Gasteiger partial charge on any atom is -0.472 e. The van der Waals surface area contributed by atoms with Gasteiger partial charge in [-0.3, -0.25) is 9.59 Å². The molecule has 0 radical (unpaired) electrons. The Balaban J connectivity index is 1.76.